The van der Waals surface area contributed by atoms with Gasteiger partial charge in [-0.05, 0) is 37.9 Å². The molecule has 1 aromatic carbocycles. The van der Waals surface area contributed by atoms with Gasteiger partial charge in [-0.1, -0.05) is 30.1 Å². The third kappa shape index (κ3) is 4.77. The molecule has 0 aromatic heterocycles. The van der Waals surface area contributed by atoms with Crippen LogP contribution in [0.5, 0.6) is 0 Å². The van der Waals surface area contributed by atoms with Crippen molar-refractivity contribution in [3.05, 3.63) is 22.2 Å². The molecule has 0 atom stereocenters. The number of nitrogens with zero attached hydrogens (tertiary/aromatic N) is 1. The van der Waals surface area contributed by atoms with E-state index in [0.29, 0.717) is 33.9 Å². The summed E-state index contributed by atoms with van der Waals surface area (Å²) in [5, 5.41) is 3.60. The Morgan fingerprint density at radius 3 is 2.67 bits per heavy atom. The number of carbonyl (C=O) groups excluding carboxylic acids is 1. The first-order valence-corrected chi connectivity index (χ1v) is 8.05. The molecule has 0 bridgehead atoms. The van der Waals surface area contributed by atoms with Crippen molar-refractivity contribution < 1.29 is 4.79 Å². The van der Waals surface area contributed by atoms with Crippen molar-refractivity contribution in [2.24, 2.45) is 0 Å². The Hall–Kier alpha value is -0.970. The van der Waals surface area contributed by atoms with Crippen LogP contribution in [0, 0.1) is 0 Å². The van der Waals surface area contributed by atoms with Gasteiger partial charge in [0.25, 0.3) is 0 Å². The number of benzene rings is 1. The molecule has 6 heteroatoms. The Labute approximate surface area is 135 Å². The second-order valence-electron chi connectivity index (χ2n) is 5.42. The van der Waals surface area contributed by atoms with E-state index in [-0.39, 0.29) is 5.91 Å². The lowest BCUT2D eigenvalue weighted by atomic mass is 10.2. The van der Waals surface area contributed by atoms with Crippen LogP contribution < -0.4 is 11.1 Å². The number of hydrogen-bond acceptors (Lipinski definition) is 3. The quantitative estimate of drug-likeness (QED) is 0.748. The lowest BCUT2D eigenvalue weighted by Gasteiger charge is -2.21. The minimum Gasteiger partial charge on any atom is -0.397 e. The van der Waals surface area contributed by atoms with E-state index in [1.54, 1.807) is 12.1 Å². The van der Waals surface area contributed by atoms with Crippen LogP contribution in [0.2, 0.25) is 10.0 Å². The van der Waals surface area contributed by atoms with Gasteiger partial charge in [-0.2, -0.15) is 0 Å². The average molecular weight is 330 g/mol. The van der Waals surface area contributed by atoms with Crippen LogP contribution in [-0.2, 0) is 4.79 Å². The number of carbonyl (C=O) groups is 1. The molecule has 0 radical (unpaired) electrons. The summed E-state index contributed by atoms with van der Waals surface area (Å²) in [6.07, 6.45) is 4.04. The van der Waals surface area contributed by atoms with E-state index in [4.69, 9.17) is 28.9 Å². The molecule has 0 aliphatic heterocycles. The first-order valence-electron chi connectivity index (χ1n) is 7.29. The van der Waals surface area contributed by atoms with Crippen molar-refractivity contribution in [3.8, 4) is 0 Å². The van der Waals surface area contributed by atoms with Crippen LogP contribution in [0.1, 0.15) is 32.6 Å². The van der Waals surface area contributed by atoms with Crippen molar-refractivity contribution >= 4 is 40.5 Å². The molecule has 1 saturated carbocycles. The van der Waals surface area contributed by atoms with Gasteiger partial charge in [-0.25, -0.2) is 0 Å². The maximum atomic E-state index is 12.1. The van der Waals surface area contributed by atoms with E-state index in [0.717, 1.165) is 19.5 Å². The molecule has 0 unspecified atom stereocenters. The molecule has 21 heavy (non-hydrogen) atoms. The highest BCUT2D eigenvalue weighted by molar-refractivity contribution is 6.37. The maximum absolute atomic E-state index is 12.1. The number of nitrogen functional groups attached to an aromatic ring is 1. The predicted octanol–water partition coefficient (Wildman–Crippen LogP) is 3.78. The van der Waals surface area contributed by atoms with Crippen molar-refractivity contribution in [2.75, 3.05) is 24.1 Å². The molecule has 1 aromatic rings. The monoisotopic (exact) mass is 329 g/mol. The lowest BCUT2D eigenvalue weighted by molar-refractivity contribution is -0.116. The second-order valence-corrected chi connectivity index (χ2v) is 6.26. The fraction of sp³-hybridized carbons (Fsp3) is 0.533. The molecule has 1 fully saturated rings. The Balaban J connectivity index is 1.89. The van der Waals surface area contributed by atoms with Crippen molar-refractivity contribution in [1.82, 2.24) is 4.90 Å². The number of hydrogen-bond donors (Lipinski definition) is 2. The second kappa shape index (κ2) is 7.34. The summed E-state index contributed by atoms with van der Waals surface area (Å²) in [6.45, 7) is 3.97. The zero-order valence-electron chi connectivity index (χ0n) is 12.2. The number of nitrogens with two attached hydrogens (primary N) is 1. The van der Waals surface area contributed by atoms with E-state index in [1.807, 2.05) is 0 Å². The molecule has 4 nitrogen and oxygen atoms in total. The molecule has 3 N–H and O–H groups in total. The Bertz CT molecular complexity index is 495. The molecule has 1 amide bonds. The van der Waals surface area contributed by atoms with E-state index in [2.05, 4.69) is 17.1 Å². The molecule has 0 spiro atoms. The number of rotatable bonds is 7. The first-order chi connectivity index (χ1) is 10.0. The van der Waals surface area contributed by atoms with E-state index in [1.165, 1.54) is 12.8 Å². The minimum absolute atomic E-state index is 0.0762. The SMILES string of the molecule is CCCN(CCC(=O)Nc1c(N)cc(Cl)cc1Cl)C1CC1. The highest BCUT2D eigenvalue weighted by atomic mass is 35.5. The summed E-state index contributed by atoms with van der Waals surface area (Å²) in [5.41, 5.74) is 6.67. The summed E-state index contributed by atoms with van der Waals surface area (Å²) in [5.74, 6) is -0.0762. The zero-order valence-corrected chi connectivity index (χ0v) is 13.7. The largest absolute Gasteiger partial charge is 0.397 e. The molecule has 116 valence electrons. The summed E-state index contributed by atoms with van der Waals surface area (Å²) < 4.78 is 0. The Morgan fingerprint density at radius 2 is 2.10 bits per heavy atom. The standard InChI is InChI=1S/C15H21Cl2N3O/c1-2-6-20(11-3-4-11)7-5-14(21)19-15-12(17)8-10(16)9-13(15)18/h8-9,11H,2-7,18H2,1H3,(H,19,21). The predicted molar refractivity (Wildman–Crippen MR) is 89.0 cm³/mol. The van der Waals surface area contributed by atoms with Crippen LogP contribution in [-0.4, -0.2) is 29.9 Å². The number of amides is 1. The van der Waals surface area contributed by atoms with Gasteiger partial charge in [-0.3, -0.25) is 9.69 Å². The minimum atomic E-state index is -0.0762. The summed E-state index contributed by atoms with van der Waals surface area (Å²) >= 11 is 11.9. The number of halogens is 2. The molecule has 1 aliphatic rings. The van der Waals surface area contributed by atoms with Gasteiger partial charge in [0, 0.05) is 24.0 Å². The molecule has 0 saturated heterocycles. The van der Waals surface area contributed by atoms with Crippen molar-refractivity contribution in [3.63, 3.8) is 0 Å². The van der Waals surface area contributed by atoms with Crippen molar-refractivity contribution in [1.29, 1.82) is 0 Å². The number of nitrogens with one attached hydrogen (secondary N) is 1. The zero-order chi connectivity index (χ0) is 15.4. The number of anilines is 2. The molecule has 0 heterocycles. The van der Waals surface area contributed by atoms with E-state index < -0.39 is 0 Å². The first kappa shape index (κ1) is 16.4. The van der Waals surface area contributed by atoms with Crippen LogP contribution >= 0.6 is 23.2 Å². The normalized spacial score (nSPS) is 14.5. The summed E-state index contributed by atoms with van der Waals surface area (Å²) in [7, 11) is 0. The van der Waals surface area contributed by atoms with Crippen LogP contribution in [0.3, 0.4) is 0 Å². The van der Waals surface area contributed by atoms with Crippen LogP contribution in [0.15, 0.2) is 12.1 Å². The van der Waals surface area contributed by atoms with Gasteiger partial charge in [-0.15, -0.1) is 0 Å². The van der Waals surface area contributed by atoms with E-state index >= 15 is 0 Å². The highest BCUT2D eigenvalue weighted by Gasteiger charge is 2.28. The highest BCUT2D eigenvalue weighted by Crippen LogP contribution is 2.32. The fourth-order valence-electron chi connectivity index (χ4n) is 2.38. The topological polar surface area (TPSA) is 58.4 Å². The van der Waals surface area contributed by atoms with Gasteiger partial charge >= 0.3 is 0 Å². The summed E-state index contributed by atoms with van der Waals surface area (Å²) in [6, 6.07) is 3.82. The molecule has 1 aliphatic carbocycles. The van der Waals surface area contributed by atoms with Crippen molar-refractivity contribution in [2.45, 2.75) is 38.6 Å². The Morgan fingerprint density at radius 1 is 1.38 bits per heavy atom. The molecular formula is C15H21Cl2N3O. The summed E-state index contributed by atoms with van der Waals surface area (Å²) in [4.78, 5) is 14.4. The van der Waals surface area contributed by atoms with Gasteiger partial charge in [0.15, 0.2) is 0 Å². The van der Waals surface area contributed by atoms with Gasteiger partial charge in [0.05, 0.1) is 16.4 Å². The average Bonchev–Trinajstić information content (AvgIpc) is 3.23. The fourth-order valence-corrected chi connectivity index (χ4v) is 2.93. The van der Waals surface area contributed by atoms with Crippen LogP contribution in [0.4, 0.5) is 11.4 Å². The van der Waals surface area contributed by atoms with Gasteiger partial charge in [0.1, 0.15) is 0 Å². The molecular weight excluding hydrogens is 309 g/mol. The van der Waals surface area contributed by atoms with E-state index in [9.17, 15) is 4.79 Å². The molecule has 2 rings (SSSR count). The third-order valence-electron chi connectivity index (χ3n) is 3.55. The van der Waals surface area contributed by atoms with Gasteiger partial charge < -0.3 is 11.1 Å². The lowest BCUT2D eigenvalue weighted by Crippen LogP contribution is -2.30. The smallest absolute Gasteiger partial charge is 0.225 e. The van der Waals surface area contributed by atoms with Crippen LogP contribution in [0.25, 0.3) is 0 Å². The Kier molecular flexibility index (Phi) is 5.73. The third-order valence-corrected chi connectivity index (χ3v) is 4.07. The van der Waals surface area contributed by atoms with Gasteiger partial charge in [0.2, 0.25) is 5.91 Å². The maximum Gasteiger partial charge on any atom is 0.225 e.